The number of ether oxygens (including phenoxy) is 1. The zero-order valence-corrected chi connectivity index (χ0v) is 19.0. The van der Waals surface area contributed by atoms with Crippen molar-refractivity contribution in [2.75, 3.05) is 51.3 Å². The highest BCUT2D eigenvalue weighted by atomic mass is 16.6. The van der Waals surface area contributed by atoms with Crippen LogP contribution in [-0.2, 0) is 11.3 Å². The van der Waals surface area contributed by atoms with Gasteiger partial charge in [-0.25, -0.2) is 0 Å². The lowest BCUT2D eigenvalue weighted by Crippen LogP contribution is -2.49. The van der Waals surface area contributed by atoms with Crippen LogP contribution in [0, 0.1) is 0 Å². The summed E-state index contributed by atoms with van der Waals surface area (Å²) in [5, 5.41) is 13.1. The van der Waals surface area contributed by atoms with Crippen molar-refractivity contribution in [1.82, 2.24) is 10.4 Å². The van der Waals surface area contributed by atoms with Crippen LogP contribution < -0.4 is 15.1 Å². The second kappa shape index (κ2) is 9.83. The Morgan fingerprint density at radius 3 is 2.61 bits per heavy atom. The van der Waals surface area contributed by atoms with Gasteiger partial charge in [-0.05, 0) is 34.9 Å². The molecule has 2 N–H and O–H groups in total. The summed E-state index contributed by atoms with van der Waals surface area (Å²) in [6.07, 6.45) is 2.50. The number of aliphatic hydroxyl groups is 1. The third-order valence-corrected chi connectivity index (χ3v) is 6.57. The molecule has 0 spiro atoms. The summed E-state index contributed by atoms with van der Waals surface area (Å²) in [6.45, 7) is 4.45. The number of hydrogen-bond acceptors (Lipinski definition) is 6. The van der Waals surface area contributed by atoms with E-state index in [1.54, 1.807) is 7.11 Å². The molecule has 2 aliphatic rings. The van der Waals surface area contributed by atoms with E-state index in [1.807, 2.05) is 18.2 Å². The summed E-state index contributed by atoms with van der Waals surface area (Å²) in [5.74, 6) is 0.904. The molecule has 1 unspecified atom stereocenters. The summed E-state index contributed by atoms with van der Waals surface area (Å²) in [4.78, 5) is 10.3. The highest BCUT2D eigenvalue weighted by Gasteiger charge is 2.22. The van der Waals surface area contributed by atoms with Crippen LogP contribution in [0.5, 0.6) is 5.75 Å². The highest BCUT2D eigenvalue weighted by Crippen LogP contribution is 2.32. The molecule has 3 aromatic carbocycles. The third-order valence-electron chi connectivity index (χ3n) is 6.57. The molecule has 1 saturated heterocycles. The Hall–Kier alpha value is -3.06. The predicted molar refractivity (Wildman–Crippen MR) is 132 cm³/mol. The molecule has 0 radical (unpaired) electrons. The third kappa shape index (κ3) is 4.69. The minimum absolute atomic E-state index is 0.243. The summed E-state index contributed by atoms with van der Waals surface area (Å²) in [7, 11) is 1.71. The summed E-state index contributed by atoms with van der Waals surface area (Å²) < 4.78 is 5.50. The Kier molecular flexibility index (Phi) is 6.48. The topological polar surface area (TPSA) is 57.2 Å². The van der Waals surface area contributed by atoms with E-state index in [1.165, 1.54) is 21.9 Å². The summed E-state index contributed by atoms with van der Waals surface area (Å²) in [5.41, 5.74) is 7.69. The maximum atomic E-state index is 10.5. The lowest BCUT2D eigenvalue weighted by atomic mass is 10.00. The van der Waals surface area contributed by atoms with Gasteiger partial charge in [0.05, 0.1) is 24.6 Å². The van der Waals surface area contributed by atoms with Crippen molar-refractivity contribution in [2.45, 2.75) is 12.5 Å². The van der Waals surface area contributed by atoms with E-state index < -0.39 is 6.10 Å². The molecule has 33 heavy (non-hydrogen) atoms. The van der Waals surface area contributed by atoms with Crippen molar-refractivity contribution in [3.8, 4) is 5.75 Å². The Morgan fingerprint density at radius 2 is 1.76 bits per heavy atom. The molecular formula is C27H31N3O3. The van der Waals surface area contributed by atoms with Crippen LogP contribution in [0.25, 0.3) is 16.5 Å². The van der Waals surface area contributed by atoms with Crippen molar-refractivity contribution >= 4 is 22.2 Å². The Balaban J connectivity index is 1.08. The van der Waals surface area contributed by atoms with Crippen LogP contribution in [0.3, 0.4) is 0 Å². The fraction of sp³-hybridized carbons (Fsp3) is 0.333. The van der Waals surface area contributed by atoms with Crippen LogP contribution in [-0.4, -0.2) is 62.6 Å². The van der Waals surface area contributed by atoms with Gasteiger partial charge in [-0.2, -0.15) is 0 Å². The van der Waals surface area contributed by atoms with Gasteiger partial charge in [0.15, 0.2) is 0 Å². The average Bonchev–Trinajstić information content (AvgIpc) is 3.28. The second-order valence-corrected chi connectivity index (χ2v) is 8.66. The second-order valence-electron chi connectivity index (χ2n) is 8.66. The zero-order chi connectivity index (χ0) is 22.6. The number of fused-ring (bicyclic) bond motifs is 3. The molecule has 0 aromatic heterocycles. The van der Waals surface area contributed by atoms with Gasteiger partial charge in [-0.15, -0.1) is 0 Å². The smallest absolute Gasteiger partial charge is 0.142 e. The van der Waals surface area contributed by atoms with E-state index >= 15 is 0 Å². The number of benzene rings is 3. The van der Waals surface area contributed by atoms with Gasteiger partial charge in [0.25, 0.3) is 0 Å². The van der Waals surface area contributed by atoms with E-state index in [0.717, 1.165) is 49.7 Å². The SMILES string of the molecule is COc1ccccc1N1CCN(CC(O)CONC2=CCc3c2ccc2ccccc32)CC1. The summed E-state index contributed by atoms with van der Waals surface area (Å²) in [6, 6.07) is 20.9. The zero-order valence-electron chi connectivity index (χ0n) is 19.0. The van der Waals surface area contributed by atoms with Crippen LogP contribution in [0.1, 0.15) is 11.1 Å². The van der Waals surface area contributed by atoms with Crippen LogP contribution in [0.15, 0.2) is 66.7 Å². The number of anilines is 1. The minimum Gasteiger partial charge on any atom is -0.495 e. The molecule has 172 valence electrons. The van der Waals surface area contributed by atoms with Crippen molar-refractivity contribution in [3.63, 3.8) is 0 Å². The lowest BCUT2D eigenvalue weighted by molar-refractivity contribution is -0.0111. The number of methoxy groups -OCH3 is 1. The Labute approximate surface area is 195 Å². The molecule has 5 rings (SSSR count). The molecule has 0 amide bonds. The molecule has 6 nitrogen and oxygen atoms in total. The van der Waals surface area contributed by atoms with Gasteiger partial charge in [-0.3, -0.25) is 15.2 Å². The van der Waals surface area contributed by atoms with E-state index in [2.05, 4.69) is 63.8 Å². The van der Waals surface area contributed by atoms with Crippen molar-refractivity contribution < 1.29 is 14.7 Å². The highest BCUT2D eigenvalue weighted by molar-refractivity contribution is 5.92. The number of para-hydroxylation sites is 2. The van der Waals surface area contributed by atoms with E-state index in [-0.39, 0.29) is 6.61 Å². The van der Waals surface area contributed by atoms with Gasteiger partial charge in [0.1, 0.15) is 12.4 Å². The number of aliphatic hydroxyl groups excluding tert-OH is 1. The molecule has 1 aliphatic carbocycles. The normalized spacial score (nSPS) is 17.0. The molecule has 3 aromatic rings. The molecule has 0 bridgehead atoms. The number of piperazine rings is 1. The first-order valence-corrected chi connectivity index (χ1v) is 11.6. The average molecular weight is 446 g/mol. The minimum atomic E-state index is -0.548. The van der Waals surface area contributed by atoms with E-state index in [0.29, 0.717) is 6.54 Å². The molecule has 1 fully saturated rings. The number of nitrogens with zero attached hydrogens (tertiary/aromatic N) is 2. The van der Waals surface area contributed by atoms with Crippen molar-refractivity contribution in [3.05, 3.63) is 77.9 Å². The van der Waals surface area contributed by atoms with Crippen LogP contribution >= 0.6 is 0 Å². The number of rotatable bonds is 8. The summed E-state index contributed by atoms with van der Waals surface area (Å²) >= 11 is 0. The first kappa shape index (κ1) is 21.8. The quantitative estimate of drug-likeness (QED) is 0.518. The Morgan fingerprint density at radius 1 is 0.970 bits per heavy atom. The molecule has 1 atom stereocenters. The molecular weight excluding hydrogens is 414 g/mol. The van der Waals surface area contributed by atoms with Crippen LogP contribution in [0.4, 0.5) is 5.69 Å². The van der Waals surface area contributed by atoms with E-state index in [4.69, 9.17) is 9.57 Å². The number of hydrogen-bond donors (Lipinski definition) is 2. The van der Waals surface area contributed by atoms with E-state index in [9.17, 15) is 5.11 Å². The van der Waals surface area contributed by atoms with Crippen molar-refractivity contribution in [1.29, 1.82) is 0 Å². The fourth-order valence-electron chi connectivity index (χ4n) is 4.85. The predicted octanol–water partition coefficient (Wildman–Crippen LogP) is 3.45. The number of nitrogens with one attached hydrogen (secondary N) is 1. The molecule has 0 saturated carbocycles. The Bertz CT molecular complexity index is 1140. The van der Waals surface area contributed by atoms with Gasteiger partial charge in [0.2, 0.25) is 0 Å². The molecule has 1 aliphatic heterocycles. The van der Waals surface area contributed by atoms with Crippen LogP contribution in [0.2, 0.25) is 0 Å². The number of β-amino-alcohol motifs (C(OH)–C–C–N with tert-alkyl or cyclic N) is 1. The van der Waals surface area contributed by atoms with Gasteiger partial charge >= 0.3 is 0 Å². The molecule has 6 heteroatoms. The first-order chi connectivity index (χ1) is 16.2. The van der Waals surface area contributed by atoms with Gasteiger partial charge in [0, 0.05) is 38.3 Å². The number of allylic oxidation sites excluding steroid dienone is 1. The maximum absolute atomic E-state index is 10.5. The lowest BCUT2D eigenvalue weighted by Gasteiger charge is -2.37. The van der Waals surface area contributed by atoms with Crippen molar-refractivity contribution in [2.24, 2.45) is 0 Å². The monoisotopic (exact) mass is 445 g/mol. The molecule has 1 heterocycles. The number of hydroxylamine groups is 1. The maximum Gasteiger partial charge on any atom is 0.142 e. The largest absolute Gasteiger partial charge is 0.495 e. The van der Waals surface area contributed by atoms with Gasteiger partial charge in [-0.1, -0.05) is 54.6 Å². The first-order valence-electron chi connectivity index (χ1n) is 11.6. The standard InChI is InChI=1S/C27H31N3O3/c1-32-27-9-5-4-8-26(27)30-16-14-29(15-17-30)18-21(31)19-33-28-25-13-12-23-22-7-3-2-6-20(22)10-11-24(23)25/h2-11,13,21,28,31H,12,14-19H2,1H3. The fourth-order valence-corrected chi connectivity index (χ4v) is 4.85. The van der Waals surface area contributed by atoms with Gasteiger partial charge < -0.3 is 14.7 Å².